The number of likely N-dealkylation sites (N-methyl/N-ethyl adjacent to an activating group) is 1. The van der Waals surface area contributed by atoms with Gasteiger partial charge in [-0.15, -0.1) is 0 Å². The molecule has 0 fully saturated rings. The van der Waals surface area contributed by atoms with Crippen molar-refractivity contribution >= 4 is 23.5 Å². The summed E-state index contributed by atoms with van der Waals surface area (Å²) >= 11 is 0. The highest BCUT2D eigenvalue weighted by molar-refractivity contribution is 6.00. The molecule has 0 unspecified atom stereocenters. The summed E-state index contributed by atoms with van der Waals surface area (Å²) < 4.78 is 11.2. The molecule has 1 heterocycles. The van der Waals surface area contributed by atoms with Gasteiger partial charge in [-0.25, -0.2) is 0 Å². The molecule has 0 spiro atoms. The Morgan fingerprint density at radius 1 is 1.07 bits per heavy atom. The van der Waals surface area contributed by atoms with Gasteiger partial charge in [0.1, 0.15) is 12.3 Å². The molecule has 1 atom stereocenters. The van der Waals surface area contributed by atoms with E-state index >= 15 is 0 Å². The molecule has 1 aliphatic heterocycles. The van der Waals surface area contributed by atoms with Crippen LogP contribution < -0.4 is 9.64 Å². The Kier molecular flexibility index (Phi) is 7.06. The van der Waals surface area contributed by atoms with Gasteiger partial charge >= 0.3 is 5.97 Å². The molecule has 2 aromatic carbocycles. The van der Waals surface area contributed by atoms with E-state index in [-0.39, 0.29) is 31.4 Å². The number of carbonyl (C=O) groups excluding carboxylic acids is 3. The first-order chi connectivity index (χ1) is 14.5. The summed E-state index contributed by atoms with van der Waals surface area (Å²) in [5.74, 6) is -0.641. The van der Waals surface area contributed by atoms with E-state index in [2.05, 4.69) is 0 Å². The van der Waals surface area contributed by atoms with Crippen molar-refractivity contribution in [1.82, 2.24) is 4.90 Å². The number of nitrogens with zero attached hydrogens (tertiary/aromatic N) is 2. The van der Waals surface area contributed by atoms with Crippen molar-refractivity contribution in [2.75, 3.05) is 31.1 Å². The predicted molar refractivity (Wildman–Crippen MR) is 112 cm³/mol. The molecule has 0 saturated heterocycles. The van der Waals surface area contributed by atoms with Crippen molar-refractivity contribution in [3.8, 4) is 5.75 Å². The van der Waals surface area contributed by atoms with Gasteiger partial charge in [0.25, 0.3) is 5.91 Å². The van der Waals surface area contributed by atoms with E-state index in [0.29, 0.717) is 30.1 Å². The first-order valence-electron chi connectivity index (χ1n) is 10.1. The maximum atomic E-state index is 13.0. The van der Waals surface area contributed by atoms with Crippen molar-refractivity contribution in [2.24, 2.45) is 0 Å². The first-order valence-corrected chi connectivity index (χ1v) is 10.1. The molecular weight excluding hydrogens is 384 g/mol. The highest BCUT2D eigenvalue weighted by Gasteiger charge is 2.31. The van der Waals surface area contributed by atoms with Crippen LogP contribution >= 0.6 is 0 Å². The lowest BCUT2D eigenvalue weighted by Gasteiger charge is -2.27. The molecule has 0 saturated carbocycles. The van der Waals surface area contributed by atoms with E-state index in [1.807, 2.05) is 19.9 Å². The Balaban J connectivity index is 1.82. The van der Waals surface area contributed by atoms with Crippen LogP contribution in [0.1, 0.15) is 31.9 Å². The van der Waals surface area contributed by atoms with Crippen molar-refractivity contribution in [2.45, 2.75) is 26.4 Å². The summed E-state index contributed by atoms with van der Waals surface area (Å²) in [7, 11) is 0. The van der Waals surface area contributed by atoms with E-state index < -0.39 is 12.1 Å². The fourth-order valence-corrected chi connectivity index (χ4v) is 3.38. The summed E-state index contributed by atoms with van der Waals surface area (Å²) in [5, 5.41) is 0. The van der Waals surface area contributed by atoms with Crippen LogP contribution in [0.5, 0.6) is 5.75 Å². The molecule has 0 aromatic heterocycles. The molecular formula is C23H26N2O5. The molecule has 0 aliphatic carbocycles. The number of carbonyl (C=O) groups is 3. The number of amides is 2. The number of esters is 1. The summed E-state index contributed by atoms with van der Waals surface area (Å²) in [5.41, 5.74) is 1.11. The fourth-order valence-electron chi connectivity index (χ4n) is 3.38. The molecule has 7 heteroatoms. The van der Waals surface area contributed by atoms with E-state index in [9.17, 15) is 14.4 Å². The standard InChI is InChI=1S/C23H26N2O5/c1-3-24(4-2)23(28)22(17-10-6-5-7-11-17)30-21(27)16-25-18-12-8-9-13-19(18)29-15-14-20(25)26/h5-13,22H,3-4,14-16H2,1-2H3/t22-/m1/s1. The molecule has 2 aromatic rings. The molecule has 0 bridgehead atoms. The zero-order valence-corrected chi connectivity index (χ0v) is 17.2. The second-order valence-electron chi connectivity index (χ2n) is 6.84. The van der Waals surface area contributed by atoms with Gasteiger partial charge in [-0.3, -0.25) is 19.3 Å². The number of ether oxygens (including phenoxy) is 2. The zero-order chi connectivity index (χ0) is 21.5. The topological polar surface area (TPSA) is 76.2 Å². The molecule has 3 rings (SSSR count). The number of anilines is 1. The van der Waals surface area contributed by atoms with Gasteiger partial charge < -0.3 is 14.4 Å². The van der Waals surface area contributed by atoms with Gasteiger partial charge in [0.15, 0.2) is 0 Å². The summed E-state index contributed by atoms with van der Waals surface area (Å²) in [4.78, 5) is 41.4. The Hall–Kier alpha value is -3.35. The first kappa shape index (κ1) is 21.4. The largest absolute Gasteiger partial charge is 0.491 e. The molecule has 7 nitrogen and oxygen atoms in total. The summed E-state index contributed by atoms with van der Waals surface area (Å²) in [6.45, 7) is 4.70. The lowest BCUT2D eigenvalue weighted by molar-refractivity contribution is -0.160. The minimum absolute atomic E-state index is 0.155. The monoisotopic (exact) mass is 410 g/mol. The van der Waals surface area contributed by atoms with Crippen molar-refractivity contribution in [3.63, 3.8) is 0 Å². The number of hydrogen-bond acceptors (Lipinski definition) is 5. The SMILES string of the molecule is CCN(CC)C(=O)[C@H](OC(=O)CN1C(=O)CCOc2ccccc21)c1ccccc1. The number of hydrogen-bond donors (Lipinski definition) is 0. The number of rotatable bonds is 7. The van der Waals surface area contributed by atoms with Crippen LogP contribution in [0.15, 0.2) is 54.6 Å². The van der Waals surface area contributed by atoms with Gasteiger partial charge in [-0.1, -0.05) is 42.5 Å². The molecule has 0 radical (unpaired) electrons. The van der Waals surface area contributed by atoms with Gasteiger partial charge in [0, 0.05) is 18.7 Å². The van der Waals surface area contributed by atoms with Crippen LogP contribution in [0.4, 0.5) is 5.69 Å². The number of benzene rings is 2. The lowest BCUT2D eigenvalue weighted by Crippen LogP contribution is -2.40. The average Bonchev–Trinajstić information content (AvgIpc) is 2.92. The Morgan fingerprint density at radius 2 is 1.73 bits per heavy atom. The normalized spacial score (nSPS) is 14.2. The average molecular weight is 410 g/mol. The van der Waals surface area contributed by atoms with Gasteiger partial charge in [-0.05, 0) is 26.0 Å². The van der Waals surface area contributed by atoms with E-state index in [1.165, 1.54) is 4.90 Å². The minimum Gasteiger partial charge on any atom is -0.491 e. The van der Waals surface area contributed by atoms with Crippen LogP contribution in [0.2, 0.25) is 0 Å². The smallest absolute Gasteiger partial charge is 0.327 e. The van der Waals surface area contributed by atoms with Crippen molar-refractivity contribution in [3.05, 3.63) is 60.2 Å². The van der Waals surface area contributed by atoms with E-state index in [4.69, 9.17) is 9.47 Å². The van der Waals surface area contributed by atoms with Crippen molar-refractivity contribution in [1.29, 1.82) is 0 Å². The Bertz CT molecular complexity index is 895. The van der Waals surface area contributed by atoms with Crippen LogP contribution in [-0.2, 0) is 19.1 Å². The maximum absolute atomic E-state index is 13.0. The maximum Gasteiger partial charge on any atom is 0.327 e. The van der Waals surface area contributed by atoms with Crippen LogP contribution in [-0.4, -0.2) is 48.9 Å². The summed E-state index contributed by atoms with van der Waals surface area (Å²) in [6, 6.07) is 16.0. The van der Waals surface area contributed by atoms with Gasteiger partial charge in [0.2, 0.25) is 12.0 Å². The van der Waals surface area contributed by atoms with Crippen molar-refractivity contribution < 1.29 is 23.9 Å². The third kappa shape index (κ3) is 4.79. The minimum atomic E-state index is -1.06. The fraction of sp³-hybridized carbons (Fsp3) is 0.348. The molecule has 158 valence electrons. The molecule has 0 N–H and O–H groups in total. The molecule has 1 aliphatic rings. The second-order valence-corrected chi connectivity index (χ2v) is 6.84. The number of para-hydroxylation sites is 2. The lowest BCUT2D eigenvalue weighted by atomic mass is 10.1. The zero-order valence-electron chi connectivity index (χ0n) is 17.2. The Labute approximate surface area is 176 Å². The highest BCUT2D eigenvalue weighted by atomic mass is 16.5. The predicted octanol–water partition coefficient (Wildman–Crippen LogP) is 2.96. The van der Waals surface area contributed by atoms with Gasteiger partial charge in [0.05, 0.1) is 18.7 Å². The third-order valence-electron chi connectivity index (χ3n) is 4.97. The number of fused-ring (bicyclic) bond motifs is 1. The van der Waals surface area contributed by atoms with E-state index in [1.54, 1.807) is 53.4 Å². The third-order valence-corrected chi connectivity index (χ3v) is 4.97. The molecule has 30 heavy (non-hydrogen) atoms. The van der Waals surface area contributed by atoms with Crippen LogP contribution in [0.3, 0.4) is 0 Å². The van der Waals surface area contributed by atoms with E-state index in [0.717, 1.165) is 0 Å². The van der Waals surface area contributed by atoms with Crippen LogP contribution in [0.25, 0.3) is 0 Å². The Morgan fingerprint density at radius 3 is 2.43 bits per heavy atom. The quantitative estimate of drug-likeness (QED) is 0.656. The van der Waals surface area contributed by atoms with Crippen LogP contribution in [0, 0.1) is 0 Å². The highest BCUT2D eigenvalue weighted by Crippen LogP contribution is 2.31. The summed E-state index contributed by atoms with van der Waals surface area (Å²) in [6.07, 6.45) is -0.908. The second kappa shape index (κ2) is 9.91. The molecule has 2 amide bonds. The van der Waals surface area contributed by atoms with Gasteiger partial charge in [-0.2, -0.15) is 0 Å².